The van der Waals surface area contributed by atoms with Gasteiger partial charge in [0.1, 0.15) is 0 Å². The van der Waals surface area contributed by atoms with Crippen LogP contribution in [0.3, 0.4) is 0 Å². The molecular formula is C14H10Br2N2O3. The number of halogens is 2. The van der Waals surface area contributed by atoms with E-state index in [1.165, 1.54) is 12.1 Å². The highest BCUT2D eigenvalue weighted by molar-refractivity contribution is 9.10. The number of carbonyl (C=O) groups excluding carboxylic acids is 1. The van der Waals surface area contributed by atoms with Crippen LogP contribution in [0, 0.1) is 0 Å². The van der Waals surface area contributed by atoms with Crippen molar-refractivity contribution in [2.24, 2.45) is 0 Å². The van der Waals surface area contributed by atoms with Gasteiger partial charge < -0.3 is 15.7 Å². The maximum Gasteiger partial charge on any atom is 0.337 e. The van der Waals surface area contributed by atoms with E-state index in [1.807, 2.05) is 6.07 Å². The third kappa shape index (κ3) is 4.05. The summed E-state index contributed by atoms with van der Waals surface area (Å²) in [6.45, 7) is 0. The predicted molar refractivity (Wildman–Crippen MR) is 87.9 cm³/mol. The van der Waals surface area contributed by atoms with E-state index in [0.29, 0.717) is 10.2 Å². The molecule has 0 aliphatic heterocycles. The van der Waals surface area contributed by atoms with Gasteiger partial charge in [-0.25, -0.2) is 9.59 Å². The molecule has 0 saturated heterocycles. The van der Waals surface area contributed by atoms with E-state index in [2.05, 4.69) is 42.5 Å². The molecule has 0 aliphatic rings. The van der Waals surface area contributed by atoms with E-state index < -0.39 is 12.0 Å². The van der Waals surface area contributed by atoms with Gasteiger partial charge in [-0.15, -0.1) is 0 Å². The number of anilines is 2. The van der Waals surface area contributed by atoms with Crippen LogP contribution >= 0.6 is 31.9 Å². The van der Waals surface area contributed by atoms with Gasteiger partial charge >= 0.3 is 12.0 Å². The molecule has 0 spiro atoms. The average molecular weight is 414 g/mol. The SMILES string of the molecule is O=C(Nc1ccccc1Br)Nc1cc(Br)ccc1C(=O)O. The lowest BCUT2D eigenvalue weighted by Crippen LogP contribution is -2.21. The van der Waals surface area contributed by atoms with Gasteiger partial charge in [0, 0.05) is 8.95 Å². The minimum Gasteiger partial charge on any atom is -0.478 e. The summed E-state index contributed by atoms with van der Waals surface area (Å²) in [6.07, 6.45) is 0. The molecule has 0 saturated carbocycles. The number of para-hydroxylation sites is 1. The fraction of sp³-hybridized carbons (Fsp3) is 0. The Kier molecular flexibility index (Phi) is 4.98. The lowest BCUT2D eigenvalue weighted by atomic mass is 10.2. The number of hydrogen-bond donors (Lipinski definition) is 3. The van der Waals surface area contributed by atoms with Crippen molar-refractivity contribution in [2.45, 2.75) is 0 Å². The molecule has 108 valence electrons. The Morgan fingerprint density at radius 2 is 1.62 bits per heavy atom. The molecule has 5 nitrogen and oxygen atoms in total. The van der Waals surface area contributed by atoms with Gasteiger partial charge in [0.05, 0.1) is 16.9 Å². The van der Waals surface area contributed by atoms with Crippen LogP contribution in [0.4, 0.5) is 16.2 Å². The molecule has 0 bridgehead atoms. The van der Waals surface area contributed by atoms with E-state index >= 15 is 0 Å². The first-order valence-corrected chi connectivity index (χ1v) is 7.41. The van der Waals surface area contributed by atoms with Gasteiger partial charge in [-0.05, 0) is 46.3 Å². The summed E-state index contributed by atoms with van der Waals surface area (Å²) in [7, 11) is 0. The average Bonchev–Trinajstić information content (AvgIpc) is 2.41. The Morgan fingerprint density at radius 1 is 0.952 bits per heavy atom. The van der Waals surface area contributed by atoms with E-state index in [4.69, 9.17) is 5.11 Å². The van der Waals surface area contributed by atoms with Crippen LogP contribution in [0.1, 0.15) is 10.4 Å². The van der Waals surface area contributed by atoms with Crippen LogP contribution in [0.2, 0.25) is 0 Å². The molecule has 3 N–H and O–H groups in total. The minimum absolute atomic E-state index is 0.0143. The van der Waals surface area contributed by atoms with Crippen molar-refractivity contribution in [1.29, 1.82) is 0 Å². The van der Waals surface area contributed by atoms with Crippen LogP contribution in [-0.2, 0) is 0 Å². The van der Waals surface area contributed by atoms with Gasteiger partial charge in [-0.3, -0.25) is 0 Å². The third-order valence-corrected chi connectivity index (χ3v) is 3.77. The van der Waals surface area contributed by atoms with Crippen LogP contribution in [0.15, 0.2) is 51.4 Å². The fourth-order valence-corrected chi connectivity index (χ4v) is 2.39. The van der Waals surface area contributed by atoms with Gasteiger partial charge in [-0.1, -0.05) is 28.1 Å². The molecule has 2 aromatic rings. The first-order valence-electron chi connectivity index (χ1n) is 5.83. The van der Waals surface area contributed by atoms with Crippen molar-refractivity contribution in [3.63, 3.8) is 0 Å². The second-order valence-corrected chi connectivity index (χ2v) is 5.82. The molecule has 0 radical (unpaired) electrons. The molecule has 0 heterocycles. The maximum atomic E-state index is 12.0. The number of amides is 2. The Labute approximate surface area is 137 Å². The number of benzene rings is 2. The first kappa shape index (κ1) is 15.5. The minimum atomic E-state index is -1.11. The molecule has 7 heteroatoms. The Balaban J connectivity index is 2.18. The number of rotatable bonds is 3. The Bertz CT molecular complexity index is 704. The van der Waals surface area contributed by atoms with E-state index in [0.717, 1.165) is 4.47 Å². The van der Waals surface area contributed by atoms with E-state index in [-0.39, 0.29) is 11.3 Å². The molecule has 21 heavy (non-hydrogen) atoms. The topological polar surface area (TPSA) is 78.4 Å². The quantitative estimate of drug-likeness (QED) is 0.690. The van der Waals surface area contributed by atoms with Crippen molar-refractivity contribution in [1.82, 2.24) is 0 Å². The number of carbonyl (C=O) groups is 2. The molecule has 2 rings (SSSR count). The van der Waals surface area contributed by atoms with Crippen LogP contribution in [0.25, 0.3) is 0 Å². The standard InChI is InChI=1S/C14H10Br2N2O3/c15-8-5-6-9(13(19)20)12(7-8)18-14(21)17-11-4-2-1-3-10(11)16/h1-7H,(H,19,20)(H2,17,18,21). The molecule has 0 aliphatic carbocycles. The first-order chi connectivity index (χ1) is 9.97. The van der Waals surface area contributed by atoms with Crippen molar-refractivity contribution in [3.05, 3.63) is 57.0 Å². The maximum absolute atomic E-state index is 12.0. The number of aromatic carboxylic acids is 1. The van der Waals surface area contributed by atoms with Crippen molar-refractivity contribution in [2.75, 3.05) is 10.6 Å². The van der Waals surface area contributed by atoms with E-state index in [1.54, 1.807) is 24.3 Å². The molecule has 2 aromatic carbocycles. The lowest BCUT2D eigenvalue weighted by Gasteiger charge is -2.11. The fourth-order valence-electron chi connectivity index (χ4n) is 1.64. The van der Waals surface area contributed by atoms with Crippen LogP contribution in [-0.4, -0.2) is 17.1 Å². The summed E-state index contributed by atoms with van der Waals surface area (Å²) >= 11 is 6.56. The van der Waals surface area contributed by atoms with Crippen molar-refractivity contribution in [3.8, 4) is 0 Å². The van der Waals surface area contributed by atoms with Gasteiger partial charge in [0.2, 0.25) is 0 Å². The number of hydrogen-bond acceptors (Lipinski definition) is 2. The smallest absolute Gasteiger partial charge is 0.337 e. The highest BCUT2D eigenvalue weighted by atomic mass is 79.9. The molecular weight excluding hydrogens is 404 g/mol. The van der Waals surface area contributed by atoms with Crippen LogP contribution in [0.5, 0.6) is 0 Å². The molecule has 2 amide bonds. The zero-order chi connectivity index (χ0) is 15.4. The summed E-state index contributed by atoms with van der Waals surface area (Å²) in [5.41, 5.74) is 0.809. The predicted octanol–water partition coefficient (Wildman–Crippen LogP) is 4.55. The molecule has 0 fully saturated rings. The van der Waals surface area contributed by atoms with Crippen molar-refractivity contribution < 1.29 is 14.7 Å². The zero-order valence-electron chi connectivity index (χ0n) is 10.6. The van der Waals surface area contributed by atoms with E-state index in [9.17, 15) is 9.59 Å². The van der Waals surface area contributed by atoms with Crippen LogP contribution < -0.4 is 10.6 Å². The highest BCUT2D eigenvalue weighted by Crippen LogP contribution is 2.24. The van der Waals surface area contributed by atoms with Gasteiger partial charge in [-0.2, -0.15) is 0 Å². The largest absolute Gasteiger partial charge is 0.478 e. The Hall–Kier alpha value is -1.86. The third-order valence-electron chi connectivity index (χ3n) is 2.58. The highest BCUT2D eigenvalue weighted by Gasteiger charge is 2.13. The van der Waals surface area contributed by atoms with Crippen molar-refractivity contribution >= 4 is 55.2 Å². The number of carboxylic acid groups (broad SMARTS) is 1. The molecule has 0 atom stereocenters. The summed E-state index contributed by atoms with van der Waals surface area (Å²) in [4.78, 5) is 23.1. The number of nitrogens with one attached hydrogen (secondary N) is 2. The number of carboxylic acids is 1. The summed E-state index contributed by atoms with van der Waals surface area (Å²) in [5, 5.41) is 14.3. The van der Waals surface area contributed by atoms with Gasteiger partial charge in [0.15, 0.2) is 0 Å². The second-order valence-electron chi connectivity index (χ2n) is 4.05. The molecule has 0 unspecified atom stereocenters. The monoisotopic (exact) mass is 412 g/mol. The lowest BCUT2D eigenvalue weighted by molar-refractivity contribution is 0.0698. The normalized spacial score (nSPS) is 10.0. The summed E-state index contributed by atoms with van der Waals surface area (Å²) < 4.78 is 1.40. The molecule has 0 aromatic heterocycles. The second kappa shape index (κ2) is 6.73. The number of urea groups is 1. The summed E-state index contributed by atoms with van der Waals surface area (Å²) in [6, 6.07) is 11.1. The Morgan fingerprint density at radius 3 is 2.29 bits per heavy atom. The summed E-state index contributed by atoms with van der Waals surface area (Å²) in [5.74, 6) is -1.11. The zero-order valence-corrected chi connectivity index (χ0v) is 13.7. The van der Waals surface area contributed by atoms with Gasteiger partial charge in [0.25, 0.3) is 0 Å².